The molecule has 0 amide bonds. The van der Waals surface area contributed by atoms with Crippen LogP contribution in [0.15, 0.2) is 0 Å². The molecule has 0 aromatic heterocycles. The van der Waals surface area contributed by atoms with E-state index in [1.54, 1.807) is 0 Å². The standard InChI is InChI=1S/C7H12F3NO4S/c8-7(9,10)5-15-11-16(12,13)6-1-3-14-4-2-6/h6,11H,1-5H2. The lowest BCUT2D eigenvalue weighted by atomic mass is 10.2. The lowest BCUT2D eigenvalue weighted by Gasteiger charge is -2.22. The highest BCUT2D eigenvalue weighted by molar-refractivity contribution is 7.89. The summed E-state index contributed by atoms with van der Waals surface area (Å²) in [4.78, 5) is 5.39. The predicted octanol–water partition coefficient (Wildman–Crippen LogP) is 0.579. The minimum Gasteiger partial charge on any atom is -0.381 e. The Morgan fingerprint density at radius 3 is 2.38 bits per heavy atom. The number of rotatable bonds is 4. The second-order valence-electron chi connectivity index (χ2n) is 3.34. The number of ether oxygens (including phenoxy) is 1. The molecule has 0 aliphatic carbocycles. The summed E-state index contributed by atoms with van der Waals surface area (Å²) < 4.78 is 62.8. The summed E-state index contributed by atoms with van der Waals surface area (Å²) in [5, 5.41) is -0.755. The van der Waals surface area contributed by atoms with Crippen LogP contribution in [0, 0.1) is 0 Å². The van der Waals surface area contributed by atoms with Crippen molar-refractivity contribution in [2.24, 2.45) is 0 Å². The number of nitrogens with one attached hydrogen (secondary N) is 1. The second-order valence-corrected chi connectivity index (χ2v) is 5.27. The zero-order chi connectivity index (χ0) is 12.2. The van der Waals surface area contributed by atoms with E-state index in [-0.39, 0.29) is 26.1 Å². The molecular weight excluding hydrogens is 251 g/mol. The number of halogens is 3. The fourth-order valence-electron chi connectivity index (χ4n) is 1.25. The van der Waals surface area contributed by atoms with E-state index in [4.69, 9.17) is 4.74 Å². The molecule has 1 saturated heterocycles. The topological polar surface area (TPSA) is 64.6 Å². The second kappa shape index (κ2) is 5.30. The largest absolute Gasteiger partial charge is 0.413 e. The van der Waals surface area contributed by atoms with Crippen molar-refractivity contribution < 1.29 is 31.2 Å². The third-order valence-electron chi connectivity index (χ3n) is 2.02. The van der Waals surface area contributed by atoms with Crippen molar-refractivity contribution >= 4 is 10.0 Å². The van der Waals surface area contributed by atoms with Crippen molar-refractivity contribution in [3.63, 3.8) is 0 Å². The molecule has 1 heterocycles. The van der Waals surface area contributed by atoms with Crippen LogP contribution in [0.2, 0.25) is 0 Å². The van der Waals surface area contributed by atoms with Gasteiger partial charge in [0.1, 0.15) is 0 Å². The normalized spacial score (nSPS) is 19.9. The number of hydrogen-bond donors (Lipinski definition) is 1. The Morgan fingerprint density at radius 1 is 1.31 bits per heavy atom. The Bertz CT molecular complexity index is 310. The molecular formula is C7H12F3NO4S. The Labute approximate surface area is 90.9 Å². The fourth-order valence-corrected chi connectivity index (χ4v) is 2.42. The summed E-state index contributed by atoms with van der Waals surface area (Å²) in [5.41, 5.74) is 0. The first-order valence-electron chi connectivity index (χ1n) is 4.58. The molecule has 96 valence electrons. The van der Waals surface area contributed by atoms with Gasteiger partial charge in [0.05, 0.1) is 5.25 Å². The van der Waals surface area contributed by atoms with Crippen LogP contribution in [0.25, 0.3) is 0 Å². The molecule has 1 aliphatic rings. The molecule has 1 aliphatic heterocycles. The fraction of sp³-hybridized carbons (Fsp3) is 1.00. The summed E-state index contributed by atoms with van der Waals surface area (Å²) in [7, 11) is -3.86. The van der Waals surface area contributed by atoms with Crippen LogP contribution in [0.5, 0.6) is 0 Å². The number of hydrogen-bond acceptors (Lipinski definition) is 4. The minimum atomic E-state index is -4.56. The van der Waals surface area contributed by atoms with Crippen LogP contribution in [0.3, 0.4) is 0 Å². The minimum absolute atomic E-state index is 0.255. The lowest BCUT2D eigenvalue weighted by Crippen LogP contribution is -2.39. The molecule has 0 unspecified atom stereocenters. The Hall–Kier alpha value is -0.380. The summed E-state index contributed by atoms with van der Waals surface area (Å²) in [6.07, 6.45) is -4.05. The van der Waals surface area contributed by atoms with E-state index < -0.39 is 28.1 Å². The van der Waals surface area contributed by atoms with Crippen molar-refractivity contribution in [1.82, 2.24) is 4.89 Å². The highest BCUT2D eigenvalue weighted by Gasteiger charge is 2.31. The van der Waals surface area contributed by atoms with Crippen molar-refractivity contribution in [2.45, 2.75) is 24.3 Å². The third kappa shape index (κ3) is 4.64. The smallest absolute Gasteiger partial charge is 0.381 e. The van der Waals surface area contributed by atoms with Crippen LogP contribution in [0.4, 0.5) is 13.2 Å². The zero-order valence-electron chi connectivity index (χ0n) is 8.29. The van der Waals surface area contributed by atoms with Crippen LogP contribution in [-0.4, -0.2) is 39.7 Å². The molecule has 0 aromatic rings. The summed E-state index contributed by atoms with van der Waals surface area (Å²) in [5.74, 6) is 0. The van der Waals surface area contributed by atoms with Crippen molar-refractivity contribution in [1.29, 1.82) is 0 Å². The van der Waals surface area contributed by atoms with Gasteiger partial charge in [-0.25, -0.2) is 8.42 Å². The molecule has 0 aromatic carbocycles. The molecule has 9 heteroatoms. The monoisotopic (exact) mass is 263 g/mol. The van der Waals surface area contributed by atoms with E-state index in [0.717, 1.165) is 0 Å². The third-order valence-corrected chi connectivity index (χ3v) is 3.72. The van der Waals surface area contributed by atoms with Gasteiger partial charge in [0.25, 0.3) is 0 Å². The molecule has 0 radical (unpaired) electrons. The van der Waals surface area contributed by atoms with Gasteiger partial charge >= 0.3 is 6.18 Å². The number of sulfonamides is 1. The molecule has 16 heavy (non-hydrogen) atoms. The average molecular weight is 263 g/mol. The molecule has 1 fully saturated rings. The van der Waals surface area contributed by atoms with Gasteiger partial charge in [0, 0.05) is 13.2 Å². The Balaban J connectivity index is 2.39. The van der Waals surface area contributed by atoms with Gasteiger partial charge in [0.15, 0.2) is 6.61 Å². The summed E-state index contributed by atoms with van der Waals surface area (Å²) >= 11 is 0. The molecule has 1 rings (SSSR count). The van der Waals surface area contributed by atoms with Gasteiger partial charge in [0.2, 0.25) is 10.0 Å². The average Bonchev–Trinajstić information content (AvgIpc) is 2.17. The van der Waals surface area contributed by atoms with E-state index in [9.17, 15) is 21.6 Å². The molecule has 5 nitrogen and oxygen atoms in total. The van der Waals surface area contributed by atoms with Gasteiger partial charge in [-0.1, -0.05) is 4.89 Å². The van der Waals surface area contributed by atoms with Gasteiger partial charge in [-0.2, -0.15) is 13.2 Å². The Morgan fingerprint density at radius 2 is 1.88 bits per heavy atom. The maximum atomic E-state index is 11.7. The van der Waals surface area contributed by atoms with E-state index >= 15 is 0 Å². The van der Waals surface area contributed by atoms with Crippen molar-refractivity contribution in [3.8, 4) is 0 Å². The first-order valence-corrected chi connectivity index (χ1v) is 6.13. The zero-order valence-corrected chi connectivity index (χ0v) is 9.10. The number of alkyl halides is 3. The molecule has 0 spiro atoms. The summed E-state index contributed by atoms with van der Waals surface area (Å²) in [6.45, 7) is -1.08. The van der Waals surface area contributed by atoms with Gasteiger partial charge in [-0.15, -0.1) is 0 Å². The predicted molar refractivity (Wildman–Crippen MR) is 47.9 cm³/mol. The Kier molecular flexibility index (Phi) is 4.53. The summed E-state index contributed by atoms with van der Waals surface area (Å²) in [6, 6.07) is 0. The van der Waals surface area contributed by atoms with Gasteiger partial charge < -0.3 is 4.74 Å². The van der Waals surface area contributed by atoms with Crippen molar-refractivity contribution in [2.75, 3.05) is 19.8 Å². The SMILES string of the molecule is O=S(=O)(NOCC(F)(F)F)C1CCOCC1. The van der Waals surface area contributed by atoms with Crippen LogP contribution in [-0.2, 0) is 19.6 Å². The first kappa shape index (κ1) is 13.7. The van der Waals surface area contributed by atoms with E-state index in [2.05, 4.69) is 4.84 Å². The molecule has 0 bridgehead atoms. The maximum absolute atomic E-state index is 11.7. The van der Waals surface area contributed by atoms with E-state index in [1.165, 1.54) is 4.89 Å². The van der Waals surface area contributed by atoms with Gasteiger partial charge in [-0.3, -0.25) is 4.84 Å². The van der Waals surface area contributed by atoms with Crippen molar-refractivity contribution in [3.05, 3.63) is 0 Å². The van der Waals surface area contributed by atoms with E-state index in [1.807, 2.05) is 0 Å². The molecule has 0 saturated carbocycles. The highest BCUT2D eigenvalue weighted by atomic mass is 32.2. The lowest BCUT2D eigenvalue weighted by molar-refractivity contribution is -0.181. The first-order chi connectivity index (χ1) is 7.31. The van der Waals surface area contributed by atoms with E-state index in [0.29, 0.717) is 0 Å². The highest BCUT2D eigenvalue weighted by Crippen LogP contribution is 2.16. The van der Waals surface area contributed by atoms with Crippen LogP contribution < -0.4 is 4.89 Å². The van der Waals surface area contributed by atoms with Gasteiger partial charge in [-0.05, 0) is 12.8 Å². The maximum Gasteiger partial charge on any atom is 0.413 e. The quantitative estimate of drug-likeness (QED) is 0.753. The van der Waals surface area contributed by atoms with Crippen LogP contribution in [0.1, 0.15) is 12.8 Å². The van der Waals surface area contributed by atoms with Crippen LogP contribution >= 0.6 is 0 Å². The molecule has 1 N–H and O–H groups in total. The molecule has 0 atom stereocenters.